The lowest BCUT2D eigenvalue weighted by Crippen LogP contribution is -2.46. The van der Waals surface area contributed by atoms with Gasteiger partial charge in [-0.1, -0.05) is 100 Å². The molecular weight excluding hydrogens is 319 g/mol. The summed E-state index contributed by atoms with van der Waals surface area (Å²) >= 11 is 0. The third-order valence-electron chi connectivity index (χ3n) is 7.02. The van der Waals surface area contributed by atoms with Crippen LogP contribution in [-0.2, 0) is 0 Å². The fourth-order valence-electron chi connectivity index (χ4n) is 4.99. The summed E-state index contributed by atoms with van der Waals surface area (Å²) < 4.78 is 0. The molecule has 0 aliphatic heterocycles. The Kier molecular flexibility index (Phi) is 4.89. The Morgan fingerprint density at radius 3 is 1.12 bits per heavy atom. The normalized spacial score (nSPS) is 38.9. The third-order valence-corrected chi connectivity index (χ3v) is 11.6. The van der Waals surface area contributed by atoms with Crippen molar-refractivity contribution in [3.63, 3.8) is 0 Å². The Hall–Kier alpha value is -1.13. The van der Waals surface area contributed by atoms with E-state index in [-0.39, 0.29) is 23.4 Å². The van der Waals surface area contributed by atoms with Crippen molar-refractivity contribution in [1.82, 2.24) is 0 Å². The zero-order valence-corrected chi connectivity index (χ0v) is 17.7. The van der Waals surface area contributed by atoms with E-state index in [1.807, 2.05) is 0 Å². The van der Waals surface area contributed by atoms with Crippen LogP contribution in [-0.4, -0.2) is 15.5 Å². The molecule has 0 fully saturated rings. The highest BCUT2D eigenvalue weighted by atomic mass is 31.1. The van der Waals surface area contributed by atoms with Crippen molar-refractivity contribution in [3.05, 3.63) is 71.4 Å². The summed E-state index contributed by atoms with van der Waals surface area (Å²) in [5.74, 6) is 0. The van der Waals surface area contributed by atoms with Crippen LogP contribution in [0.4, 0.5) is 0 Å². The van der Waals surface area contributed by atoms with Gasteiger partial charge in [-0.3, -0.25) is 0 Å². The molecule has 0 aromatic carbocycles. The summed E-state index contributed by atoms with van der Waals surface area (Å²) in [6.07, 6.45) is 24.5. The van der Waals surface area contributed by atoms with Crippen molar-refractivity contribution in [1.29, 1.82) is 0 Å². The summed E-state index contributed by atoms with van der Waals surface area (Å²) in [6.45, 7) is 14.7. The molecule has 3 unspecified atom stereocenters. The summed E-state index contributed by atoms with van der Waals surface area (Å²) in [4.78, 5) is 0. The van der Waals surface area contributed by atoms with Crippen molar-refractivity contribution in [2.45, 2.75) is 76.3 Å². The molecule has 3 aliphatic carbocycles. The smallest absolute Gasteiger partial charge is 0.0136 e. The molecule has 1 heteroatoms. The molecule has 3 atom stereocenters. The van der Waals surface area contributed by atoms with E-state index in [2.05, 4.69) is 96.2 Å². The maximum Gasteiger partial charge on any atom is 0.0136 e. The van der Waals surface area contributed by atoms with E-state index in [9.17, 15) is 0 Å². The SMILES string of the molecule is CC1=CC=CCC1(C)P(C1(C)CC=CC=C1C)C1(C)CC=CC=C1C. The van der Waals surface area contributed by atoms with Crippen molar-refractivity contribution < 1.29 is 0 Å². The fraction of sp³-hybridized carbons (Fsp3) is 0.500. The Morgan fingerprint density at radius 2 is 0.880 bits per heavy atom. The van der Waals surface area contributed by atoms with E-state index in [4.69, 9.17) is 0 Å². The van der Waals surface area contributed by atoms with Gasteiger partial charge in [0.2, 0.25) is 0 Å². The van der Waals surface area contributed by atoms with Gasteiger partial charge in [0.05, 0.1) is 0 Å². The lowest BCUT2D eigenvalue weighted by atomic mass is 9.91. The van der Waals surface area contributed by atoms with E-state index in [1.54, 1.807) is 16.7 Å². The van der Waals surface area contributed by atoms with Crippen LogP contribution in [0.5, 0.6) is 0 Å². The minimum Gasteiger partial charge on any atom is -0.0833 e. The van der Waals surface area contributed by atoms with Gasteiger partial charge in [0.25, 0.3) is 0 Å². The number of allylic oxidation sites excluding steroid dienone is 12. The van der Waals surface area contributed by atoms with Gasteiger partial charge >= 0.3 is 0 Å². The first-order chi connectivity index (χ1) is 11.7. The van der Waals surface area contributed by atoms with Gasteiger partial charge < -0.3 is 0 Å². The van der Waals surface area contributed by atoms with Gasteiger partial charge in [0, 0.05) is 15.5 Å². The van der Waals surface area contributed by atoms with Gasteiger partial charge in [0.15, 0.2) is 0 Å². The van der Waals surface area contributed by atoms with Crippen LogP contribution in [0, 0.1) is 0 Å². The first kappa shape index (κ1) is 18.7. The van der Waals surface area contributed by atoms with Crippen molar-refractivity contribution in [2.24, 2.45) is 0 Å². The highest BCUT2D eigenvalue weighted by molar-refractivity contribution is 7.63. The molecular formula is C24H33P. The topological polar surface area (TPSA) is 0 Å². The van der Waals surface area contributed by atoms with Gasteiger partial charge in [-0.25, -0.2) is 0 Å². The maximum atomic E-state index is 2.54. The highest BCUT2D eigenvalue weighted by Crippen LogP contribution is 2.76. The zero-order chi connectivity index (χ0) is 18.3. The van der Waals surface area contributed by atoms with E-state index in [0.29, 0.717) is 0 Å². The Labute approximate surface area is 155 Å². The summed E-state index contributed by atoms with van der Waals surface area (Å²) in [5.41, 5.74) is 4.69. The summed E-state index contributed by atoms with van der Waals surface area (Å²) in [7, 11) is -0.338. The monoisotopic (exact) mass is 352 g/mol. The predicted molar refractivity (Wildman–Crippen MR) is 115 cm³/mol. The van der Waals surface area contributed by atoms with Crippen LogP contribution >= 0.6 is 7.92 Å². The average molecular weight is 353 g/mol. The molecule has 3 aliphatic rings. The Morgan fingerprint density at radius 1 is 0.600 bits per heavy atom. The molecule has 25 heavy (non-hydrogen) atoms. The number of hydrogen-bond acceptors (Lipinski definition) is 0. The van der Waals surface area contributed by atoms with Crippen molar-refractivity contribution in [3.8, 4) is 0 Å². The van der Waals surface area contributed by atoms with Crippen LogP contribution in [0.3, 0.4) is 0 Å². The minimum absolute atomic E-state index is 0.244. The van der Waals surface area contributed by atoms with E-state index >= 15 is 0 Å². The standard InChI is InChI=1S/C24H33P/c1-19-13-7-10-16-22(19,4)25(23(5)17-11-8-14-20(23)2)24(6)18-12-9-15-21(24)3/h7-15H,16-18H2,1-6H3. The Balaban J connectivity index is 2.20. The molecule has 0 N–H and O–H groups in total. The maximum absolute atomic E-state index is 2.54. The van der Waals surface area contributed by atoms with Gasteiger partial charge in [0.1, 0.15) is 0 Å². The molecule has 0 bridgehead atoms. The first-order valence-corrected chi connectivity index (χ1v) is 10.9. The second-order valence-corrected chi connectivity index (χ2v) is 12.2. The van der Waals surface area contributed by atoms with E-state index < -0.39 is 0 Å². The average Bonchev–Trinajstić information content (AvgIpc) is 2.56. The summed E-state index contributed by atoms with van der Waals surface area (Å²) in [6, 6.07) is 0. The molecule has 0 amide bonds. The molecule has 0 spiro atoms. The second kappa shape index (κ2) is 6.55. The molecule has 0 radical (unpaired) electrons. The van der Waals surface area contributed by atoms with Crippen LogP contribution in [0.25, 0.3) is 0 Å². The second-order valence-electron chi connectivity index (χ2n) is 8.60. The largest absolute Gasteiger partial charge is 0.0833 e. The Bertz CT molecular complexity index is 629. The number of rotatable bonds is 3. The van der Waals surface area contributed by atoms with E-state index in [1.165, 1.54) is 19.3 Å². The molecule has 0 saturated carbocycles. The molecule has 0 nitrogen and oxygen atoms in total. The minimum atomic E-state index is -0.338. The molecule has 0 aromatic rings. The molecule has 0 heterocycles. The van der Waals surface area contributed by atoms with E-state index in [0.717, 1.165) is 0 Å². The van der Waals surface area contributed by atoms with Crippen molar-refractivity contribution in [2.75, 3.05) is 0 Å². The van der Waals surface area contributed by atoms with Crippen LogP contribution in [0.15, 0.2) is 71.4 Å². The van der Waals surface area contributed by atoms with Crippen molar-refractivity contribution >= 4 is 7.92 Å². The molecule has 0 saturated heterocycles. The predicted octanol–water partition coefficient (Wildman–Crippen LogP) is 7.46. The fourth-order valence-corrected chi connectivity index (χ4v) is 10.4. The zero-order valence-electron chi connectivity index (χ0n) is 16.8. The van der Waals surface area contributed by atoms with Gasteiger partial charge in [-0.15, -0.1) is 0 Å². The lowest BCUT2D eigenvalue weighted by Gasteiger charge is -2.59. The molecule has 134 valence electrons. The summed E-state index contributed by atoms with van der Waals surface area (Å²) in [5, 5.41) is 0.733. The van der Waals surface area contributed by atoms with Gasteiger partial charge in [-0.05, 0) is 40.0 Å². The quantitative estimate of drug-likeness (QED) is 0.462. The van der Waals surface area contributed by atoms with Gasteiger partial charge in [-0.2, -0.15) is 0 Å². The third kappa shape index (κ3) is 2.87. The highest BCUT2D eigenvalue weighted by Gasteiger charge is 2.55. The first-order valence-electron chi connectivity index (χ1n) is 9.57. The van der Waals surface area contributed by atoms with Crippen LogP contribution < -0.4 is 0 Å². The molecule has 3 rings (SSSR count). The lowest BCUT2D eigenvalue weighted by molar-refractivity contribution is 0.605. The number of hydrogen-bond donors (Lipinski definition) is 0. The molecule has 0 aromatic heterocycles. The van der Waals surface area contributed by atoms with Crippen LogP contribution in [0.2, 0.25) is 0 Å². The van der Waals surface area contributed by atoms with Crippen LogP contribution in [0.1, 0.15) is 60.8 Å².